The molecule has 0 bridgehead atoms. The molecule has 25 heavy (non-hydrogen) atoms. The van der Waals surface area contributed by atoms with E-state index in [1.807, 2.05) is 0 Å². The van der Waals surface area contributed by atoms with E-state index in [1.54, 1.807) is 0 Å². The number of likely N-dealkylation sites (tertiary alicyclic amines) is 1. The second-order valence-corrected chi connectivity index (χ2v) is 6.82. The summed E-state index contributed by atoms with van der Waals surface area (Å²) in [5.41, 5.74) is 0.374. The molecule has 2 aromatic rings. The van der Waals surface area contributed by atoms with Crippen molar-refractivity contribution in [3.63, 3.8) is 0 Å². The lowest BCUT2D eigenvalue weighted by Crippen LogP contribution is -2.43. The molecule has 1 amide bonds. The molecule has 4 rings (SSSR count). The third-order valence-electron chi connectivity index (χ3n) is 5.56. The summed E-state index contributed by atoms with van der Waals surface area (Å²) < 4.78 is 19.3. The molecule has 0 spiro atoms. The highest BCUT2D eigenvalue weighted by atomic mass is 19.1. The van der Waals surface area contributed by atoms with Gasteiger partial charge in [0.15, 0.2) is 0 Å². The number of ether oxygens (including phenoxy) is 1. The number of benzene rings is 1. The van der Waals surface area contributed by atoms with E-state index in [9.17, 15) is 19.1 Å². The number of nitrogens with zero attached hydrogens (tertiary/aromatic N) is 1. The van der Waals surface area contributed by atoms with Crippen LogP contribution in [0.2, 0.25) is 0 Å². The third-order valence-corrected chi connectivity index (χ3v) is 5.56. The number of carboxylic acids is 1. The van der Waals surface area contributed by atoms with Crippen molar-refractivity contribution in [3.8, 4) is 5.75 Å². The van der Waals surface area contributed by atoms with Crippen LogP contribution in [0.1, 0.15) is 29.8 Å². The zero-order valence-electron chi connectivity index (χ0n) is 13.8. The zero-order chi connectivity index (χ0) is 17.7. The number of carbonyl (C=O) groups excluding carboxylic acids is 1. The Balaban J connectivity index is 1.72. The van der Waals surface area contributed by atoms with Crippen molar-refractivity contribution in [2.45, 2.75) is 25.3 Å². The van der Waals surface area contributed by atoms with Gasteiger partial charge in [-0.15, -0.1) is 0 Å². The molecular formula is C18H19FN2O4. The van der Waals surface area contributed by atoms with Gasteiger partial charge in [0, 0.05) is 11.9 Å². The number of nitrogens with one attached hydrogen (secondary N) is 1. The monoisotopic (exact) mass is 346 g/mol. The van der Waals surface area contributed by atoms with Gasteiger partial charge in [-0.3, -0.25) is 4.79 Å². The average molecular weight is 346 g/mol. The van der Waals surface area contributed by atoms with Crippen molar-refractivity contribution in [1.82, 2.24) is 9.88 Å². The molecule has 0 radical (unpaired) electrons. The number of methoxy groups -OCH3 is 1. The summed E-state index contributed by atoms with van der Waals surface area (Å²) in [5, 5.41) is 10.1. The number of rotatable bonds is 3. The van der Waals surface area contributed by atoms with Crippen LogP contribution in [0, 0.1) is 17.7 Å². The lowest BCUT2D eigenvalue weighted by atomic mass is 9.94. The minimum Gasteiger partial charge on any atom is -0.496 e. The fraction of sp³-hybridized carbons (Fsp3) is 0.444. The van der Waals surface area contributed by atoms with Gasteiger partial charge in [0.05, 0.1) is 12.6 Å². The number of H-pyrrole nitrogens is 1. The average Bonchev–Trinajstić information content (AvgIpc) is 3.27. The van der Waals surface area contributed by atoms with Crippen molar-refractivity contribution in [2.75, 3.05) is 13.7 Å². The van der Waals surface area contributed by atoms with E-state index in [4.69, 9.17) is 4.74 Å². The summed E-state index contributed by atoms with van der Waals surface area (Å²) in [7, 11) is 1.48. The van der Waals surface area contributed by atoms with E-state index in [-0.39, 0.29) is 23.0 Å². The van der Waals surface area contributed by atoms with Gasteiger partial charge < -0.3 is 19.7 Å². The first-order valence-corrected chi connectivity index (χ1v) is 8.40. The van der Waals surface area contributed by atoms with Crippen LogP contribution < -0.4 is 4.74 Å². The lowest BCUT2D eigenvalue weighted by Gasteiger charge is -2.23. The quantitative estimate of drug-likeness (QED) is 0.895. The van der Waals surface area contributed by atoms with E-state index in [0.29, 0.717) is 17.7 Å². The Morgan fingerprint density at radius 3 is 2.88 bits per heavy atom. The Morgan fingerprint density at radius 1 is 1.36 bits per heavy atom. The van der Waals surface area contributed by atoms with E-state index >= 15 is 0 Å². The van der Waals surface area contributed by atoms with Gasteiger partial charge in [0.25, 0.3) is 5.91 Å². The summed E-state index contributed by atoms with van der Waals surface area (Å²) in [4.78, 5) is 28.9. The first-order chi connectivity index (χ1) is 12.0. The van der Waals surface area contributed by atoms with Crippen LogP contribution in [-0.4, -0.2) is 46.6 Å². The standard InChI is InChI=1S/C18H19FN2O4/c1-25-14-6-5-12(19)15-11(14)7-13(20-15)17(22)21-8-9-3-2-4-10(9)16(21)18(23)24/h5-7,9-10,16,20H,2-4,8H2,1H3,(H,23,24). The molecule has 2 aliphatic rings. The van der Waals surface area contributed by atoms with Crippen LogP contribution in [0.15, 0.2) is 18.2 Å². The zero-order valence-corrected chi connectivity index (χ0v) is 13.8. The number of fused-ring (bicyclic) bond motifs is 2. The summed E-state index contributed by atoms with van der Waals surface area (Å²) >= 11 is 0. The van der Waals surface area contributed by atoms with Gasteiger partial charge >= 0.3 is 5.97 Å². The Bertz CT molecular complexity index is 862. The fourth-order valence-electron chi connectivity index (χ4n) is 4.44. The number of amides is 1. The molecule has 1 saturated carbocycles. The molecular weight excluding hydrogens is 327 g/mol. The molecule has 2 N–H and O–H groups in total. The fourth-order valence-corrected chi connectivity index (χ4v) is 4.44. The number of carbonyl (C=O) groups is 2. The van der Waals surface area contributed by atoms with Crippen molar-refractivity contribution >= 4 is 22.8 Å². The van der Waals surface area contributed by atoms with Gasteiger partial charge in [-0.1, -0.05) is 6.42 Å². The number of carboxylic acid groups (broad SMARTS) is 1. The third kappa shape index (κ3) is 2.37. The topological polar surface area (TPSA) is 82.6 Å². The maximum absolute atomic E-state index is 14.0. The Morgan fingerprint density at radius 2 is 2.16 bits per heavy atom. The number of aromatic nitrogens is 1. The molecule has 132 valence electrons. The molecule has 3 unspecified atom stereocenters. The van der Waals surface area contributed by atoms with Gasteiger partial charge in [0.1, 0.15) is 23.3 Å². The largest absolute Gasteiger partial charge is 0.496 e. The molecule has 2 heterocycles. The predicted octanol–water partition coefficient (Wildman–Crippen LogP) is 2.64. The Labute approximate surface area is 143 Å². The number of aliphatic carboxylic acids is 1. The van der Waals surface area contributed by atoms with Gasteiger partial charge in [-0.25, -0.2) is 9.18 Å². The number of hydrogen-bond donors (Lipinski definition) is 2. The van der Waals surface area contributed by atoms with Crippen molar-refractivity contribution < 1.29 is 23.8 Å². The maximum atomic E-state index is 14.0. The number of hydrogen-bond acceptors (Lipinski definition) is 3. The maximum Gasteiger partial charge on any atom is 0.326 e. The Kier molecular flexibility index (Phi) is 3.67. The molecule has 3 atom stereocenters. The number of aromatic amines is 1. The van der Waals surface area contributed by atoms with Gasteiger partial charge in [-0.2, -0.15) is 0 Å². The van der Waals surface area contributed by atoms with E-state index in [0.717, 1.165) is 19.3 Å². The highest BCUT2D eigenvalue weighted by Gasteiger charge is 2.49. The smallest absolute Gasteiger partial charge is 0.326 e. The molecule has 1 aliphatic carbocycles. The van der Waals surface area contributed by atoms with Crippen molar-refractivity contribution in [3.05, 3.63) is 29.7 Å². The predicted molar refractivity (Wildman–Crippen MR) is 88.1 cm³/mol. The lowest BCUT2D eigenvalue weighted by molar-refractivity contribution is -0.142. The molecule has 1 aromatic carbocycles. The first-order valence-electron chi connectivity index (χ1n) is 8.40. The Hall–Kier alpha value is -2.57. The van der Waals surface area contributed by atoms with Crippen LogP contribution in [0.3, 0.4) is 0 Å². The minimum atomic E-state index is -0.970. The first kappa shape index (κ1) is 15.9. The second kappa shape index (κ2) is 5.75. The van der Waals surface area contributed by atoms with Crippen LogP contribution in [0.5, 0.6) is 5.75 Å². The molecule has 1 saturated heterocycles. The van der Waals surface area contributed by atoms with Gasteiger partial charge in [0.2, 0.25) is 0 Å². The second-order valence-electron chi connectivity index (χ2n) is 6.82. The van der Waals surface area contributed by atoms with Crippen molar-refractivity contribution in [2.24, 2.45) is 11.8 Å². The van der Waals surface area contributed by atoms with E-state index in [2.05, 4.69) is 4.98 Å². The van der Waals surface area contributed by atoms with Gasteiger partial charge in [-0.05, 0) is 42.9 Å². The molecule has 7 heteroatoms. The van der Waals surface area contributed by atoms with Crippen LogP contribution in [0.4, 0.5) is 4.39 Å². The normalized spacial score (nSPS) is 25.4. The molecule has 1 aliphatic heterocycles. The SMILES string of the molecule is COc1ccc(F)c2[nH]c(C(=O)N3CC4CCCC4C3C(=O)O)cc12. The van der Waals surface area contributed by atoms with Crippen LogP contribution in [0.25, 0.3) is 10.9 Å². The number of halogens is 1. The summed E-state index contributed by atoms with van der Waals surface area (Å²) in [6, 6.07) is 3.50. The molecule has 1 aromatic heterocycles. The van der Waals surface area contributed by atoms with Crippen molar-refractivity contribution in [1.29, 1.82) is 0 Å². The molecule has 6 nitrogen and oxygen atoms in total. The minimum absolute atomic E-state index is 0.0112. The highest BCUT2D eigenvalue weighted by molar-refractivity contribution is 6.01. The van der Waals surface area contributed by atoms with Crippen LogP contribution >= 0.6 is 0 Å². The van der Waals surface area contributed by atoms with E-state index in [1.165, 1.54) is 30.2 Å². The van der Waals surface area contributed by atoms with E-state index < -0.39 is 23.7 Å². The van der Waals surface area contributed by atoms with Crippen LogP contribution in [-0.2, 0) is 4.79 Å². The molecule has 2 fully saturated rings. The summed E-state index contributed by atoms with van der Waals surface area (Å²) in [6.45, 7) is 0.440. The summed E-state index contributed by atoms with van der Waals surface area (Å²) in [5.74, 6) is -1.15. The highest BCUT2D eigenvalue weighted by Crippen LogP contribution is 2.43. The summed E-state index contributed by atoms with van der Waals surface area (Å²) in [6.07, 6.45) is 2.80.